The first-order valence-corrected chi connectivity index (χ1v) is 7.74. The van der Waals surface area contributed by atoms with Gasteiger partial charge in [0.25, 0.3) is 0 Å². The third kappa shape index (κ3) is 2.95. The maximum atomic E-state index is 5.59. The molecule has 0 fully saturated rings. The van der Waals surface area contributed by atoms with Crippen molar-refractivity contribution in [1.29, 1.82) is 0 Å². The lowest BCUT2D eigenvalue weighted by Crippen LogP contribution is -2.12. The van der Waals surface area contributed by atoms with E-state index < -0.39 is 0 Å². The van der Waals surface area contributed by atoms with Gasteiger partial charge in [0.15, 0.2) is 5.82 Å². The Balaban J connectivity index is 2.26. The number of anilines is 1. The molecule has 0 saturated heterocycles. The van der Waals surface area contributed by atoms with Gasteiger partial charge < -0.3 is 10.1 Å². The molecule has 0 radical (unpaired) electrons. The molecular formula is C13H21N3OS. The maximum absolute atomic E-state index is 5.59. The fraction of sp³-hybridized carbons (Fsp3) is 0.692. The Labute approximate surface area is 113 Å². The van der Waals surface area contributed by atoms with Crippen LogP contribution in [0, 0.1) is 0 Å². The van der Waals surface area contributed by atoms with Gasteiger partial charge in [-0.05, 0) is 20.3 Å². The Bertz CT molecular complexity index is 411. The largest absolute Gasteiger partial charge is 0.371 e. The summed E-state index contributed by atoms with van der Waals surface area (Å²) in [6, 6.07) is 0. The van der Waals surface area contributed by atoms with Gasteiger partial charge >= 0.3 is 0 Å². The summed E-state index contributed by atoms with van der Waals surface area (Å²) >= 11 is 1.90. The van der Waals surface area contributed by atoms with Crippen molar-refractivity contribution in [2.75, 3.05) is 18.5 Å². The number of nitrogens with zero attached hydrogens (tertiary/aromatic N) is 2. The summed E-state index contributed by atoms with van der Waals surface area (Å²) in [4.78, 5) is 9.28. The Morgan fingerprint density at radius 1 is 1.33 bits per heavy atom. The third-order valence-corrected chi connectivity index (χ3v) is 3.89. The van der Waals surface area contributed by atoms with Gasteiger partial charge in [0, 0.05) is 30.2 Å². The van der Waals surface area contributed by atoms with Crippen molar-refractivity contribution in [2.45, 2.75) is 44.8 Å². The van der Waals surface area contributed by atoms with Crippen molar-refractivity contribution in [3.8, 4) is 0 Å². The van der Waals surface area contributed by atoms with Crippen LogP contribution in [0.15, 0.2) is 0 Å². The van der Waals surface area contributed by atoms with Crippen LogP contribution in [0.3, 0.4) is 0 Å². The van der Waals surface area contributed by atoms with E-state index in [1.54, 1.807) is 0 Å². The topological polar surface area (TPSA) is 47.0 Å². The van der Waals surface area contributed by atoms with Crippen LogP contribution in [-0.4, -0.2) is 23.1 Å². The lowest BCUT2D eigenvalue weighted by atomic mass is 10.2. The summed E-state index contributed by atoms with van der Waals surface area (Å²) in [7, 11) is 0. The SMILES string of the molecule is CCCNc1nc(C(C)OCC)nc2c1CSC2. The molecule has 1 aromatic rings. The Morgan fingerprint density at radius 3 is 2.89 bits per heavy atom. The summed E-state index contributed by atoms with van der Waals surface area (Å²) in [6.07, 6.45) is 1.07. The maximum Gasteiger partial charge on any atom is 0.159 e. The molecule has 0 bridgehead atoms. The molecular weight excluding hydrogens is 246 g/mol. The van der Waals surface area contributed by atoms with E-state index in [9.17, 15) is 0 Å². The fourth-order valence-corrected chi connectivity index (χ4v) is 3.01. The normalized spacial score (nSPS) is 15.5. The summed E-state index contributed by atoms with van der Waals surface area (Å²) in [6.45, 7) is 7.81. The summed E-state index contributed by atoms with van der Waals surface area (Å²) in [5, 5.41) is 3.41. The van der Waals surface area contributed by atoms with Gasteiger partial charge in [0.2, 0.25) is 0 Å². The second-order valence-corrected chi connectivity index (χ2v) is 5.36. The minimum absolute atomic E-state index is 0.0342. The van der Waals surface area contributed by atoms with Crippen LogP contribution in [-0.2, 0) is 16.2 Å². The van der Waals surface area contributed by atoms with Crippen molar-refractivity contribution < 1.29 is 4.74 Å². The predicted molar refractivity (Wildman–Crippen MR) is 75.9 cm³/mol. The molecule has 5 heteroatoms. The highest BCUT2D eigenvalue weighted by Gasteiger charge is 2.21. The number of ether oxygens (including phenoxy) is 1. The first kappa shape index (κ1) is 13.6. The number of fused-ring (bicyclic) bond motifs is 1. The van der Waals surface area contributed by atoms with Crippen molar-refractivity contribution in [2.24, 2.45) is 0 Å². The van der Waals surface area contributed by atoms with Crippen molar-refractivity contribution in [1.82, 2.24) is 9.97 Å². The zero-order valence-electron chi connectivity index (χ0n) is 11.3. The standard InChI is InChI=1S/C13H21N3OS/c1-4-6-14-13-10-7-18-8-11(10)15-12(16-13)9(3)17-5-2/h9H,4-8H2,1-3H3,(H,14,15,16). The van der Waals surface area contributed by atoms with Gasteiger partial charge in [-0.15, -0.1) is 0 Å². The Morgan fingerprint density at radius 2 is 2.17 bits per heavy atom. The molecule has 0 amide bonds. The number of nitrogens with one attached hydrogen (secondary N) is 1. The molecule has 18 heavy (non-hydrogen) atoms. The van der Waals surface area contributed by atoms with Crippen LogP contribution in [0.5, 0.6) is 0 Å². The average molecular weight is 267 g/mol. The first-order valence-electron chi connectivity index (χ1n) is 6.59. The predicted octanol–water partition coefficient (Wildman–Crippen LogP) is 3.14. The molecule has 1 aliphatic heterocycles. The molecule has 1 unspecified atom stereocenters. The zero-order valence-corrected chi connectivity index (χ0v) is 12.1. The second-order valence-electron chi connectivity index (χ2n) is 4.37. The monoisotopic (exact) mass is 267 g/mol. The quantitative estimate of drug-likeness (QED) is 0.858. The lowest BCUT2D eigenvalue weighted by Gasteiger charge is -2.15. The van der Waals surface area contributed by atoms with E-state index in [0.717, 1.165) is 36.1 Å². The molecule has 1 N–H and O–H groups in total. The van der Waals surface area contributed by atoms with Crippen LogP contribution in [0.4, 0.5) is 5.82 Å². The molecule has 0 aromatic carbocycles. The first-order chi connectivity index (χ1) is 8.76. The van der Waals surface area contributed by atoms with E-state index in [4.69, 9.17) is 4.74 Å². The molecule has 1 aromatic heterocycles. The Hall–Kier alpha value is -0.810. The van der Waals surface area contributed by atoms with Gasteiger partial charge in [0.05, 0.1) is 5.69 Å². The van der Waals surface area contributed by atoms with E-state index in [2.05, 4.69) is 22.2 Å². The van der Waals surface area contributed by atoms with Crippen molar-refractivity contribution >= 4 is 17.6 Å². The molecule has 1 atom stereocenters. The van der Waals surface area contributed by atoms with Gasteiger partial charge in [-0.25, -0.2) is 9.97 Å². The molecule has 0 aliphatic carbocycles. The van der Waals surface area contributed by atoms with E-state index in [-0.39, 0.29) is 6.10 Å². The summed E-state index contributed by atoms with van der Waals surface area (Å²) < 4.78 is 5.59. The molecule has 2 rings (SSSR count). The van der Waals surface area contributed by atoms with Crippen LogP contribution in [0.1, 0.15) is 50.4 Å². The number of rotatable bonds is 6. The number of hydrogen-bond acceptors (Lipinski definition) is 5. The molecule has 4 nitrogen and oxygen atoms in total. The third-order valence-electron chi connectivity index (χ3n) is 2.92. The van der Waals surface area contributed by atoms with E-state index >= 15 is 0 Å². The molecule has 0 spiro atoms. The number of thioether (sulfide) groups is 1. The van der Waals surface area contributed by atoms with E-state index in [1.165, 1.54) is 11.3 Å². The highest BCUT2D eigenvalue weighted by atomic mass is 32.2. The van der Waals surface area contributed by atoms with E-state index in [1.807, 2.05) is 25.6 Å². The van der Waals surface area contributed by atoms with Crippen LogP contribution >= 0.6 is 11.8 Å². The number of aromatic nitrogens is 2. The van der Waals surface area contributed by atoms with Crippen LogP contribution in [0.25, 0.3) is 0 Å². The smallest absolute Gasteiger partial charge is 0.159 e. The van der Waals surface area contributed by atoms with Crippen molar-refractivity contribution in [3.05, 3.63) is 17.1 Å². The lowest BCUT2D eigenvalue weighted by molar-refractivity contribution is 0.0700. The zero-order chi connectivity index (χ0) is 13.0. The number of hydrogen-bond donors (Lipinski definition) is 1. The molecule has 1 aliphatic rings. The molecule has 2 heterocycles. The van der Waals surface area contributed by atoms with Crippen molar-refractivity contribution in [3.63, 3.8) is 0 Å². The molecule has 100 valence electrons. The second kappa shape index (κ2) is 6.38. The average Bonchev–Trinajstić information content (AvgIpc) is 2.84. The summed E-state index contributed by atoms with van der Waals surface area (Å²) in [5.41, 5.74) is 2.45. The van der Waals surface area contributed by atoms with Crippen LogP contribution < -0.4 is 5.32 Å². The van der Waals surface area contributed by atoms with Gasteiger partial charge in [-0.1, -0.05) is 6.92 Å². The van der Waals surface area contributed by atoms with Gasteiger partial charge in [-0.2, -0.15) is 11.8 Å². The minimum Gasteiger partial charge on any atom is -0.371 e. The van der Waals surface area contributed by atoms with E-state index in [0.29, 0.717) is 6.61 Å². The highest BCUT2D eigenvalue weighted by Crippen LogP contribution is 2.33. The fourth-order valence-electron chi connectivity index (χ4n) is 1.97. The highest BCUT2D eigenvalue weighted by molar-refractivity contribution is 7.98. The van der Waals surface area contributed by atoms with Crippen LogP contribution in [0.2, 0.25) is 0 Å². The Kier molecular flexibility index (Phi) is 4.83. The van der Waals surface area contributed by atoms with Gasteiger partial charge in [0.1, 0.15) is 11.9 Å². The molecule has 0 saturated carbocycles. The van der Waals surface area contributed by atoms with Gasteiger partial charge in [-0.3, -0.25) is 0 Å². The summed E-state index contributed by atoms with van der Waals surface area (Å²) in [5.74, 6) is 3.82. The minimum atomic E-state index is -0.0342.